The molecular weight excluding hydrogens is 332 g/mol. The summed E-state index contributed by atoms with van der Waals surface area (Å²) in [6.45, 7) is 12.7. The third-order valence-corrected chi connectivity index (χ3v) is 10.6. The summed E-state index contributed by atoms with van der Waals surface area (Å²) in [6, 6.07) is 2.29. The van der Waals surface area contributed by atoms with Gasteiger partial charge in [-0.2, -0.15) is 0 Å². The Labute approximate surface area is 142 Å². The molecule has 0 fully saturated rings. The van der Waals surface area contributed by atoms with Crippen LogP contribution in [0.2, 0.25) is 38.3 Å². The van der Waals surface area contributed by atoms with Crippen molar-refractivity contribution in [2.45, 2.75) is 64.0 Å². The molecule has 0 amide bonds. The molecule has 8 heteroatoms. The van der Waals surface area contributed by atoms with Crippen LogP contribution in [-0.4, -0.2) is 51.3 Å². The third kappa shape index (κ3) is 19.3. The van der Waals surface area contributed by atoms with Crippen molar-refractivity contribution < 1.29 is 29.0 Å². The Morgan fingerprint density at radius 3 is 1.57 bits per heavy atom. The quantitative estimate of drug-likeness (QED) is 0.223. The molecule has 0 aromatic rings. The molecule has 0 aliphatic carbocycles. The van der Waals surface area contributed by atoms with Crippen molar-refractivity contribution in [3.63, 3.8) is 0 Å². The van der Waals surface area contributed by atoms with E-state index in [-0.39, 0.29) is 0 Å². The molecule has 0 heterocycles. The van der Waals surface area contributed by atoms with Crippen molar-refractivity contribution in [2.75, 3.05) is 13.2 Å². The van der Waals surface area contributed by atoms with E-state index in [1.54, 1.807) is 0 Å². The summed E-state index contributed by atoms with van der Waals surface area (Å²) in [5.41, 5.74) is 0. The number of carbonyl (C=O) groups is 1. The highest BCUT2D eigenvalue weighted by molar-refractivity contribution is 6.84. The van der Waals surface area contributed by atoms with Gasteiger partial charge >= 0.3 is 6.16 Å². The maximum atomic E-state index is 9.31. The molecule has 138 valence electrons. The Balaban J connectivity index is 0. The number of unbranched alkanes of at least 4 members (excludes halogenated alkanes) is 2. The van der Waals surface area contributed by atoms with E-state index in [0.717, 1.165) is 44.0 Å². The molecule has 0 bridgehead atoms. The van der Waals surface area contributed by atoms with Gasteiger partial charge in [0.15, 0.2) is 16.6 Å². The topological polar surface area (TPSA) is 96.2 Å². The molecule has 0 radical (unpaired) electrons. The second-order valence-corrected chi connectivity index (χ2v) is 15.4. The minimum Gasteiger partial charge on any atom is -0.455 e. The Hall–Kier alpha value is -0.676. The van der Waals surface area contributed by atoms with Gasteiger partial charge in [-0.15, -0.1) is 0 Å². The summed E-state index contributed by atoms with van der Waals surface area (Å²) in [5, 5.41) is 25.2. The van der Waals surface area contributed by atoms with Gasteiger partial charge in [0.1, 0.15) is 0 Å². The van der Waals surface area contributed by atoms with Gasteiger partial charge in [-0.1, -0.05) is 19.4 Å². The summed E-state index contributed by atoms with van der Waals surface area (Å²) < 4.78 is 10.2. The van der Waals surface area contributed by atoms with Crippen molar-refractivity contribution >= 4 is 22.8 Å². The number of hydrogen-bond donors (Lipinski definition) is 3. The van der Waals surface area contributed by atoms with Gasteiger partial charge in [0.05, 0.1) is 6.26 Å². The van der Waals surface area contributed by atoms with E-state index in [4.69, 9.17) is 19.4 Å². The Kier molecular flexibility index (Phi) is 14.7. The molecule has 0 aromatic heterocycles. The van der Waals surface area contributed by atoms with Crippen LogP contribution in [0.4, 0.5) is 4.79 Å². The molecule has 0 rings (SSSR count). The molecule has 0 aliphatic heterocycles. The van der Waals surface area contributed by atoms with Crippen molar-refractivity contribution in [2.24, 2.45) is 0 Å². The van der Waals surface area contributed by atoms with E-state index in [0.29, 0.717) is 13.2 Å². The van der Waals surface area contributed by atoms with E-state index in [1.807, 2.05) is 0 Å². The normalized spacial score (nSPS) is 11.4. The SMILES string of the molecule is C=COC(=O)O.C[Si](C)(CCCCO)O[Si](C)(C)CCCCO. The lowest BCUT2D eigenvalue weighted by molar-refractivity contribution is 0.128. The fourth-order valence-corrected chi connectivity index (χ4v) is 11.2. The summed E-state index contributed by atoms with van der Waals surface area (Å²) in [4.78, 5) is 9.31. The molecule has 0 atom stereocenters. The van der Waals surface area contributed by atoms with E-state index in [1.165, 1.54) is 0 Å². The number of carboxylic acid groups (broad SMARTS) is 1. The molecule has 6 nitrogen and oxygen atoms in total. The molecular formula is C15H34O6Si2. The van der Waals surface area contributed by atoms with Crippen molar-refractivity contribution in [1.29, 1.82) is 0 Å². The number of hydrogen-bond acceptors (Lipinski definition) is 5. The number of ether oxygens (including phenoxy) is 1. The van der Waals surface area contributed by atoms with Crippen LogP contribution in [0.3, 0.4) is 0 Å². The van der Waals surface area contributed by atoms with Gasteiger partial charge < -0.3 is 24.2 Å². The average Bonchev–Trinajstić information content (AvgIpc) is 2.38. The van der Waals surface area contributed by atoms with Gasteiger partial charge in [0.2, 0.25) is 0 Å². The standard InChI is InChI=1S/C12H30O3Si2.C3H4O3/c1-16(2,11-7-5-9-13)15-17(3,4)12-8-6-10-14;1-2-6-3(4)5/h13-14H,5-12H2,1-4H3;2H,1H2,(H,4,5). The maximum absolute atomic E-state index is 9.31. The van der Waals surface area contributed by atoms with Gasteiger partial charge in [0, 0.05) is 13.2 Å². The van der Waals surface area contributed by atoms with Crippen LogP contribution in [0.25, 0.3) is 0 Å². The predicted octanol–water partition coefficient (Wildman–Crippen LogP) is 3.78. The van der Waals surface area contributed by atoms with Gasteiger partial charge in [0.25, 0.3) is 0 Å². The van der Waals surface area contributed by atoms with E-state index < -0.39 is 22.8 Å². The highest BCUT2D eigenvalue weighted by Crippen LogP contribution is 2.24. The minimum atomic E-state index is -1.55. The average molecular weight is 367 g/mol. The van der Waals surface area contributed by atoms with Crippen LogP contribution < -0.4 is 0 Å². The number of rotatable bonds is 11. The number of aliphatic hydroxyl groups is 2. The molecule has 0 saturated heterocycles. The third-order valence-electron chi connectivity index (χ3n) is 3.11. The second-order valence-electron chi connectivity index (χ2n) is 6.53. The summed E-state index contributed by atoms with van der Waals surface area (Å²) in [5.74, 6) is 0. The predicted molar refractivity (Wildman–Crippen MR) is 97.6 cm³/mol. The van der Waals surface area contributed by atoms with Crippen molar-refractivity contribution in [3.8, 4) is 0 Å². The fourth-order valence-electron chi connectivity index (χ4n) is 2.25. The first-order valence-corrected chi connectivity index (χ1v) is 14.3. The highest BCUT2D eigenvalue weighted by atomic mass is 28.4. The largest absolute Gasteiger partial charge is 0.510 e. The molecule has 0 spiro atoms. The first-order chi connectivity index (χ1) is 10.6. The lowest BCUT2D eigenvalue weighted by atomic mass is 10.4. The molecule has 3 N–H and O–H groups in total. The van der Waals surface area contributed by atoms with Crippen LogP contribution in [0.1, 0.15) is 25.7 Å². The Bertz CT molecular complexity index is 301. The van der Waals surface area contributed by atoms with E-state index >= 15 is 0 Å². The molecule has 0 saturated carbocycles. The smallest absolute Gasteiger partial charge is 0.455 e. The van der Waals surface area contributed by atoms with E-state index in [2.05, 4.69) is 37.5 Å². The van der Waals surface area contributed by atoms with Crippen LogP contribution in [-0.2, 0) is 8.85 Å². The maximum Gasteiger partial charge on any atom is 0.510 e. The second kappa shape index (κ2) is 13.7. The summed E-state index contributed by atoms with van der Waals surface area (Å²) in [6.07, 6.45) is 3.47. The number of aliphatic hydroxyl groups excluding tert-OH is 2. The van der Waals surface area contributed by atoms with Crippen LogP contribution in [0, 0.1) is 0 Å². The van der Waals surface area contributed by atoms with E-state index in [9.17, 15) is 4.79 Å². The molecule has 0 unspecified atom stereocenters. The van der Waals surface area contributed by atoms with Crippen molar-refractivity contribution in [3.05, 3.63) is 12.8 Å². The lowest BCUT2D eigenvalue weighted by Crippen LogP contribution is -2.44. The zero-order valence-electron chi connectivity index (χ0n) is 15.0. The molecule has 0 aromatic carbocycles. The first kappa shape index (κ1) is 24.6. The Morgan fingerprint density at radius 1 is 0.957 bits per heavy atom. The summed E-state index contributed by atoms with van der Waals surface area (Å²) >= 11 is 0. The lowest BCUT2D eigenvalue weighted by Gasteiger charge is -2.34. The van der Waals surface area contributed by atoms with Crippen LogP contribution in [0.5, 0.6) is 0 Å². The fraction of sp³-hybridized carbons (Fsp3) is 0.800. The zero-order chi connectivity index (χ0) is 18.4. The summed E-state index contributed by atoms with van der Waals surface area (Å²) in [7, 11) is -3.10. The van der Waals surface area contributed by atoms with Crippen LogP contribution in [0.15, 0.2) is 12.8 Å². The zero-order valence-corrected chi connectivity index (χ0v) is 17.0. The molecule has 23 heavy (non-hydrogen) atoms. The monoisotopic (exact) mass is 366 g/mol. The van der Waals surface area contributed by atoms with Crippen molar-refractivity contribution in [1.82, 2.24) is 0 Å². The highest BCUT2D eigenvalue weighted by Gasteiger charge is 2.31. The van der Waals surface area contributed by atoms with Gasteiger partial charge in [-0.25, -0.2) is 4.79 Å². The van der Waals surface area contributed by atoms with Gasteiger partial charge in [-0.3, -0.25) is 0 Å². The van der Waals surface area contributed by atoms with Crippen LogP contribution >= 0.6 is 0 Å². The van der Waals surface area contributed by atoms with Gasteiger partial charge in [-0.05, 0) is 51.1 Å². The molecule has 0 aliphatic rings. The minimum absolute atomic E-state index is 0.293. The Morgan fingerprint density at radius 2 is 1.35 bits per heavy atom. The first-order valence-electron chi connectivity index (χ1n) is 8.02.